The molecule has 58 valence electrons. The molecule has 0 heterocycles. The van der Waals surface area contributed by atoms with E-state index in [1.807, 2.05) is 4.72 Å². The summed E-state index contributed by atoms with van der Waals surface area (Å²) in [7, 11) is -3.43. The van der Waals surface area contributed by atoms with Crippen LogP contribution in [0, 0.1) is 0 Å². The summed E-state index contributed by atoms with van der Waals surface area (Å²) in [5.74, 6) is 0. The summed E-state index contributed by atoms with van der Waals surface area (Å²) in [5.41, 5.74) is 4.92. The molecule has 0 atom stereocenters. The van der Waals surface area contributed by atoms with Crippen LogP contribution in [-0.2, 0) is 10.0 Å². The second kappa shape index (κ2) is 3.52. The van der Waals surface area contributed by atoms with E-state index in [9.17, 15) is 8.42 Å². The number of thiocarbonyl (C=S) groups is 1. The zero-order valence-corrected chi connectivity index (χ0v) is 7.00. The summed E-state index contributed by atoms with van der Waals surface area (Å²) in [6, 6.07) is 0. The van der Waals surface area contributed by atoms with E-state index in [0.29, 0.717) is 0 Å². The highest BCUT2D eigenvalue weighted by molar-refractivity contribution is 7.94. The number of hydrogen-bond acceptors (Lipinski definition) is 3. The fraction of sp³-hybridized carbons (Fsp3) is 0.250. The Labute approximate surface area is 65.2 Å². The van der Waals surface area contributed by atoms with E-state index < -0.39 is 10.0 Å². The molecule has 0 bridgehead atoms. The average Bonchev–Trinajstić information content (AvgIpc) is 1.59. The lowest BCUT2D eigenvalue weighted by molar-refractivity contribution is 0.601. The highest BCUT2D eigenvalue weighted by atomic mass is 32.2. The monoisotopic (exact) mass is 180 g/mol. The molecule has 0 saturated heterocycles. The third-order valence-corrected chi connectivity index (χ3v) is 1.92. The van der Waals surface area contributed by atoms with E-state index in [-0.39, 0.29) is 5.11 Å². The van der Waals surface area contributed by atoms with Crippen LogP contribution in [0.4, 0.5) is 0 Å². The van der Waals surface area contributed by atoms with Crippen LogP contribution in [0.2, 0.25) is 0 Å². The van der Waals surface area contributed by atoms with Gasteiger partial charge < -0.3 is 5.73 Å². The van der Waals surface area contributed by atoms with Crippen molar-refractivity contribution in [2.75, 3.05) is 0 Å². The summed E-state index contributed by atoms with van der Waals surface area (Å²) in [5, 5.41) is 0.727. The van der Waals surface area contributed by atoms with E-state index >= 15 is 0 Å². The number of hydrogen-bond donors (Lipinski definition) is 2. The SMILES string of the molecule is CC=CS(=O)(=O)NC(N)=S. The molecule has 6 heteroatoms. The summed E-state index contributed by atoms with van der Waals surface area (Å²) in [6.45, 7) is 1.58. The van der Waals surface area contributed by atoms with Gasteiger partial charge in [0.25, 0.3) is 10.0 Å². The lowest BCUT2D eigenvalue weighted by Gasteiger charge is -1.98. The predicted octanol–water partition coefficient (Wildman–Crippen LogP) is -0.317. The first-order valence-electron chi connectivity index (χ1n) is 2.43. The third-order valence-electron chi connectivity index (χ3n) is 0.558. The van der Waals surface area contributed by atoms with Crippen molar-refractivity contribution in [2.24, 2.45) is 5.73 Å². The first kappa shape index (κ1) is 9.38. The smallest absolute Gasteiger partial charge is 0.256 e. The molecular weight excluding hydrogens is 172 g/mol. The van der Waals surface area contributed by atoms with Crippen molar-refractivity contribution in [3.63, 3.8) is 0 Å². The van der Waals surface area contributed by atoms with Crippen LogP contribution < -0.4 is 10.5 Å². The maximum atomic E-state index is 10.7. The van der Waals surface area contributed by atoms with E-state index in [0.717, 1.165) is 5.41 Å². The van der Waals surface area contributed by atoms with Gasteiger partial charge in [-0.25, -0.2) is 8.42 Å². The molecule has 0 aromatic rings. The second-order valence-corrected chi connectivity index (χ2v) is 3.49. The summed E-state index contributed by atoms with van der Waals surface area (Å²) >= 11 is 4.31. The van der Waals surface area contributed by atoms with Gasteiger partial charge in [0.15, 0.2) is 5.11 Å². The standard InChI is InChI=1S/C4H8N2O2S2/c1-2-3-10(7,8)6-4(5)9/h2-3H,1H3,(H3,5,6,9). The van der Waals surface area contributed by atoms with Crippen LogP contribution in [0.3, 0.4) is 0 Å². The molecule has 10 heavy (non-hydrogen) atoms. The quantitative estimate of drug-likeness (QED) is 0.571. The Morgan fingerprint density at radius 2 is 2.20 bits per heavy atom. The van der Waals surface area contributed by atoms with Crippen molar-refractivity contribution in [2.45, 2.75) is 6.92 Å². The van der Waals surface area contributed by atoms with Crippen LogP contribution in [0.25, 0.3) is 0 Å². The molecule has 0 radical (unpaired) electrons. The lowest BCUT2D eigenvalue weighted by Crippen LogP contribution is -2.33. The number of nitrogens with two attached hydrogens (primary N) is 1. The van der Waals surface area contributed by atoms with Crippen molar-refractivity contribution in [1.29, 1.82) is 0 Å². The van der Waals surface area contributed by atoms with Gasteiger partial charge >= 0.3 is 0 Å². The lowest BCUT2D eigenvalue weighted by atomic mass is 10.8. The molecule has 3 N–H and O–H groups in total. The first-order valence-corrected chi connectivity index (χ1v) is 4.38. The maximum Gasteiger partial charge on any atom is 0.256 e. The minimum absolute atomic E-state index is 0.252. The van der Waals surface area contributed by atoms with Crippen LogP contribution in [0.1, 0.15) is 6.92 Å². The molecule has 0 fully saturated rings. The van der Waals surface area contributed by atoms with E-state index in [1.54, 1.807) is 6.92 Å². The number of sulfonamides is 1. The maximum absolute atomic E-state index is 10.7. The molecule has 0 aliphatic carbocycles. The Hall–Kier alpha value is -0.620. The minimum atomic E-state index is -3.43. The Morgan fingerprint density at radius 1 is 1.70 bits per heavy atom. The topological polar surface area (TPSA) is 72.2 Å². The van der Waals surface area contributed by atoms with Gasteiger partial charge in [-0.15, -0.1) is 0 Å². The van der Waals surface area contributed by atoms with Gasteiger partial charge in [-0.05, 0) is 19.1 Å². The molecule has 0 spiro atoms. The van der Waals surface area contributed by atoms with Crippen molar-refractivity contribution in [3.05, 3.63) is 11.5 Å². The van der Waals surface area contributed by atoms with Crippen molar-refractivity contribution < 1.29 is 8.42 Å². The third kappa shape index (κ3) is 4.28. The fourth-order valence-corrected chi connectivity index (χ4v) is 1.41. The van der Waals surface area contributed by atoms with E-state index in [1.165, 1.54) is 6.08 Å². The molecular formula is C4H8N2O2S2. The van der Waals surface area contributed by atoms with Crippen LogP contribution in [-0.4, -0.2) is 13.5 Å². The first-order chi connectivity index (χ1) is 4.48. The fourth-order valence-electron chi connectivity index (χ4n) is 0.353. The van der Waals surface area contributed by atoms with Gasteiger partial charge in [0.2, 0.25) is 0 Å². The van der Waals surface area contributed by atoms with E-state index in [4.69, 9.17) is 5.73 Å². The molecule has 0 aliphatic heterocycles. The molecule has 4 nitrogen and oxygen atoms in total. The molecule has 0 aliphatic rings. The summed E-state index contributed by atoms with van der Waals surface area (Å²) in [6.07, 6.45) is 1.38. The zero-order chi connectivity index (χ0) is 8.20. The Bertz CT molecular complexity index is 242. The van der Waals surface area contributed by atoms with Gasteiger partial charge in [-0.2, -0.15) is 0 Å². The number of rotatable bonds is 2. The van der Waals surface area contributed by atoms with Crippen LogP contribution >= 0.6 is 12.2 Å². The van der Waals surface area contributed by atoms with Gasteiger partial charge in [-0.1, -0.05) is 6.08 Å². The van der Waals surface area contributed by atoms with Gasteiger partial charge in [0.05, 0.1) is 0 Å². The van der Waals surface area contributed by atoms with Crippen molar-refractivity contribution >= 4 is 27.4 Å². The number of allylic oxidation sites excluding steroid dienone is 1. The van der Waals surface area contributed by atoms with Crippen LogP contribution in [0.15, 0.2) is 11.5 Å². The molecule has 0 amide bonds. The second-order valence-electron chi connectivity index (χ2n) is 1.48. The highest BCUT2D eigenvalue weighted by Gasteiger charge is 2.02. The number of nitrogens with one attached hydrogen (secondary N) is 1. The van der Waals surface area contributed by atoms with Crippen LogP contribution in [0.5, 0.6) is 0 Å². The highest BCUT2D eigenvalue weighted by Crippen LogP contribution is 1.84. The zero-order valence-electron chi connectivity index (χ0n) is 5.37. The Morgan fingerprint density at radius 3 is 2.50 bits per heavy atom. The van der Waals surface area contributed by atoms with E-state index in [2.05, 4.69) is 12.2 Å². The van der Waals surface area contributed by atoms with Gasteiger partial charge in [0, 0.05) is 5.41 Å². The van der Waals surface area contributed by atoms with Gasteiger partial charge in [0.1, 0.15) is 0 Å². The normalized spacial score (nSPS) is 11.7. The van der Waals surface area contributed by atoms with Gasteiger partial charge in [-0.3, -0.25) is 4.72 Å². The van der Waals surface area contributed by atoms with Crippen molar-refractivity contribution in [3.8, 4) is 0 Å². The Kier molecular flexibility index (Phi) is 3.31. The average molecular weight is 180 g/mol. The molecule has 0 saturated carbocycles. The molecule has 0 aromatic heterocycles. The molecule has 0 unspecified atom stereocenters. The molecule has 0 aromatic carbocycles. The predicted molar refractivity (Wildman–Crippen MR) is 43.7 cm³/mol. The van der Waals surface area contributed by atoms with Crippen molar-refractivity contribution in [1.82, 2.24) is 4.72 Å². The summed E-state index contributed by atoms with van der Waals surface area (Å²) < 4.78 is 23.3. The largest absolute Gasteiger partial charge is 0.376 e. The molecule has 0 rings (SSSR count). The minimum Gasteiger partial charge on any atom is -0.376 e. The summed E-state index contributed by atoms with van der Waals surface area (Å²) in [4.78, 5) is 0. The Balaban J connectivity index is 4.30.